The topological polar surface area (TPSA) is 144 Å². The highest BCUT2D eigenvalue weighted by atomic mass is 16.5. The molecule has 0 spiro atoms. The third-order valence-electron chi connectivity index (χ3n) is 8.02. The minimum atomic E-state index is -0.524. The number of carbonyl (C=O) groups is 1. The molecule has 3 heterocycles. The van der Waals surface area contributed by atoms with Gasteiger partial charge in [0.2, 0.25) is 11.8 Å². The zero-order valence-electron chi connectivity index (χ0n) is 23.3. The summed E-state index contributed by atoms with van der Waals surface area (Å²) in [5.41, 5.74) is 1.28. The van der Waals surface area contributed by atoms with E-state index in [1.165, 1.54) is 0 Å². The molecule has 2 bridgehead atoms. The van der Waals surface area contributed by atoms with Crippen LogP contribution in [0.2, 0.25) is 0 Å². The van der Waals surface area contributed by atoms with Crippen LogP contribution in [0.25, 0.3) is 0 Å². The van der Waals surface area contributed by atoms with Crippen LogP contribution in [0.1, 0.15) is 48.6 Å². The molecule has 1 aromatic heterocycles. The smallest absolute Gasteiger partial charge is 0.325 e. The summed E-state index contributed by atoms with van der Waals surface area (Å²) in [5, 5.41) is 19.1. The van der Waals surface area contributed by atoms with Crippen molar-refractivity contribution in [1.82, 2.24) is 19.8 Å². The molecule has 3 N–H and O–H groups in total. The maximum absolute atomic E-state index is 12.9. The molecule has 3 unspecified atom stereocenters. The number of piperazine rings is 1. The van der Waals surface area contributed by atoms with Gasteiger partial charge in [0.25, 0.3) is 0 Å². The lowest BCUT2D eigenvalue weighted by molar-refractivity contribution is -0.134. The number of imidazole rings is 1. The number of likely N-dealkylation sites (tertiary alicyclic amines) is 1. The van der Waals surface area contributed by atoms with Gasteiger partial charge in [-0.15, -0.1) is 0 Å². The summed E-state index contributed by atoms with van der Waals surface area (Å²) in [6.07, 6.45) is 3.45. The molecular weight excluding hydrogens is 526 g/mol. The van der Waals surface area contributed by atoms with E-state index in [0.29, 0.717) is 35.9 Å². The fraction of sp³-hybridized carbons (Fsp3) is 0.433. The summed E-state index contributed by atoms with van der Waals surface area (Å²) in [6.45, 7) is 2.14. The minimum absolute atomic E-state index is 0.0379. The number of methoxy groups -OCH3 is 2. The number of hydrogen-bond acceptors (Lipinski definition) is 8. The lowest BCUT2D eigenvalue weighted by Gasteiger charge is -2.41. The van der Waals surface area contributed by atoms with Crippen LogP contribution in [0.4, 0.5) is 0 Å². The molecule has 3 atom stereocenters. The molecule has 0 radical (unpaired) electrons. The van der Waals surface area contributed by atoms with Gasteiger partial charge in [-0.2, -0.15) is 5.26 Å². The average Bonchev–Trinajstić information content (AvgIpc) is 3.42. The monoisotopic (exact) mass is 561 g/mol. The van der Waals surface area contributed by atoms with Gasteiger partial charge in [-0.1, -0.05) is 12.1 Å². The number of H-pyrrole nitrogens is 2. The van der Waals surface area contributed by atoms with Crippen molar-refractivity contribution < 1.29 is 24.1 Å². The summed E-state index contributed by atoms with van der Waals surface area (Å²) >= 11 is 0. The maximum Gasteiger partial charge on any atom is 0.325 e. The highest BCUT2D eigenvalue weighted by molar-refractivity contribution is 5.79. The summed E-state index contributed by atoms with van der Waals surface area (Å²) in [6, 6.07) is 15.7. The second kappa shape index (κ2) is 12.4. The summed E-state index contributed by atoms with van der Waals surface area (Å²) in [4.78, 5) is 33.4. The van der Waals surface area contributed by atoms with Crippen molar-refractivity contribution in [3.63, 3.8) is 0 Å². The molecule has 5 rings (SSSR count). The zero-order valence-corrected chi connectivity index (χ0v) is 23.3. The van der Waals surface area contributed by atoms with Crippen molar-refractivity contribution in [1.29, 1.82) is 5.26 Å². The number of nitrogens with zero attached hydrogens (tertiary/aromatic N) is 3. The molecular formula is C30H35N5O6. The highest BCUT2D eigenvalue weighted by Gasteiger charge is 2.41. The third-order valence-corrected chi connectivity index (χ3v) is 8.02. The summed E-state index contributed by atoms with van der Waals surface area (Å²) in [7, 11) is 3.18. The summed E-state index contributed by atoms with van der Waals surface area (Å²) in [5.74, 6) is 1.50. The minimum Gasteiger partial charge on any atom is -0.493 e. The number of aromatic nitrogens is 2. The van der Waals surface area contributed by atoms with Crippen molar-refractivity contribution in [2.24, 2.45) is 0 Å². The van der Waals surface area contributed by atoms with Gasteiger partial charge >= 0.3 is 5.69 Å². The first kappa shape index (κ1) is 28.1. The van der Waals surface area contributed by atoms with Crippen LogP contribution in [-0.2, 0) is 11.2 Å². The molecule has 2 saturated heterocycles. The molecule has 11 heteroatoms. The number of nitrogens with one attached hydrogen (secondary N) is 2. The van der Waals surface area contributed by atoms with Crippen molar-refractivity contribution in [3.05, 3.63) is 69.8 Å². The van der Waals surface area contributed by atoms with Gasteiger partial charge in [-0.05, 0) is 62.1 Å². The van der Waals surface area contributed by atoms with Gasteiger partial charge in [-0.25, -0.2) is 4.79 Å². The van der Waals surface area contributed by atoms with Crippen molar-refractivity contribution in [2.75, 3.05) is 33.9 Å². The Morgan fingerprint density at radius 3 is 2.39 bits per heavy atom. The number of aromatic hydroxyl groups is 1. The zero-order chi connectivity index (χ0) is 28.9. The van der Waals surface area contributed by atoms with Crippen LogP contribution in [0.3, 0.4) is 0 Å². The number of aromatic amines is 2. The molecule has 2 aliphatic heterocycles. The van der Waals surface area contributed by atoms with Gasteiger partial charge in [0.15, 0.2) is 11.5 Å². The predicted molar refractivity (Wildman–Crippen MR) is 150 cm³/mol. The average molecular weight is 562 g/mol. The van der Waals surface area contributed by atoms with Gasteiger partial charge in [0, 0.05) is 31.2 Å². The van der Waals surface area contributed by atoms with Crippen LogP contribution in [0, 0.1) is 11.3 Å². The van der Waals surface area contributed by atoms with E-state index in [-0.39, 0.29) is 42.1 Å². The molecule has 0 aliphatic carbocycles. The first-order valence-electron chi connectivity index (χ1n) is 13.8. The number of nitriles is 1. The van der Waals surface area contributed by atoms with E-state index in [0.717, 1.165) is 37.8 Å². The molecule has 2 fully saturated rings. The van der Waals surface area contributed by atoms with Crippen molar-refractivity contribution >= 4 is 5.91 Å². The highest BCUT2D eigenvalue weighted by Crippen LogP contribution is 2.35. The largest absolute Gasteiger partial charge is 0.493 e. The Bertz CT molecular complexity index is 1450. The second-order valence-electron chi connectivity index (χ2n) is 10.5. The number of ether oxygens (including phenoxy) is 3. The molecule has 2 aliphatic rings. The van der Waals surface area contributed by atoms with Crippen molar-refractivity contribution in [3.8, 4) is 29.2 Å². The van der Waals surface area contributed by atoms with Crippen LogP contribution in [-0.4, -0.2) is 76.7 Å². The number of rotatable bonds is 11. The number of amides is 1. The Hall–Kier alpha value is -4.43. The van der Waals surface area contributed by atoms with E-state index >= 15 is 0 Å². The number of fused-ring (bicyclic) bond motifs is 2. The Morgan fingerprint density at radius 2 is 1.78 bits per heavy atom. The molecule has 11 nitrogen and oxygen atoms in total. The van der Waals surface area contributed by atoms with E-state index < -0.39 is 5.69 Å². The van der Waals surface area contributed by atoms with E-state index in [2.05, 4.69) is 20.9 Å². The fourth-order valence-electron chi connectivity index (χ4n) is 5.94. The molecule has 41 heavy (non-hydrogen) atoms. The van der Waals surface area contributed by atoms with E-state index in [1.807, 2.05) is 35.2 Å². The quantitative estimate of drug-likeness (QED) is 0.324. The molecule has 216 valence electrons. The second-order valence-corrected chi connectivity index (χ2v) is 10.5. The van der Waals surface area contributed by atoms with Crippen LogP contribution in [0.5, 0.6) is 23.1 Å². The van der Waals surface area contributed by atoms with Crippen molar-refractivity contribution in [2.45, 2.75) is 50.3 Å². The lowest BCUT2D eigenvalue weighted by atomic mass is 10.0. The van der Waals surface area contributed by atoms with E-state index in [1.54, 1.807) is 26.4 Å². The normalized spacial score (nSPS) is 19.0. The SMILES string of the molecule is COc1ccc(OC(CCCN2C3CCC2CN(C(=O)Cc2[nH]c(=O)[nH]c2O)C3)c2ccc(C#N)cc2)cc1OC. The molecule has 1 amide bonds. The molecule has 2 aromatic carbocycles. The Morgan fingerprint density at radius 1 is 1.07 bits per heavy atom. The van der Waals surface area contributed by atoms with Crippen LogP contribution < -0.4 is 19.9 Å². The predicted octanol–water partition coefficient (Wildman–Crippen LogP) is 3.12. The van der Waals surface area contributed by atoms with Gasteiger partial charge in [0.05, 0.1) is 38.0 Å². The number of carbonyl (C=O) groups excluding carboxylic acids is 1. The first-order chi connectivity index (χ1) is 19.9. The van der Waals surface area contributed by atoms with Gasteiger partial charge in [0.1, 0.15) is 11.9 Å². The first-order valence-corrected chi connectivity index (χ1v) is 13.8. The Kier molecular flexibility index (Phi) is 8.50. The molecule has 3 aromatic rings. The van der Waals surface area contributed by atoms with E-state index in [9.17, 15) is 20.0 Å². The number of hydrogen-bond donors (Lipinski definition) is 3. The Balaban J connectivity index is 1.22. The van der Waals surface area contributed by atoms with Crippen LogP contribution >= 0.6 is 0 Å². The third kappa shape index (κ3) is 6.33. The molecule has 0 saturated carbocycles. The van der Waals surface area contributed by atoms with E-state index in [4.69, 9.17) is 14.2 Å². The standard InChI is InChI=1S/C30H35N5O6/c1-39-26-12-11-23(14-27(26)40-2)41-25(20-7-5-19(16-31)6-8-20)4-3-13-35-21-9-10-22(35)18-34(17-21)28(36)15-24-29(37)33-30(38)32-24/h5-8,11-12,14,21-22,25,37H,3-4,9-10,13,15,17-18H2,1-2H3,(H2,32,33,38). The maximum atomic E-state index is 12.9. The van der Waals surface area contributed by atoms with Crippen LogP contribution in [0.15, 0.2) is 47.3 Å². The fourth-order valence-corrected chi connectivity index (χ4v) is 5.94. The van der Waals surface area contributed by atoms with Gasteiger partial charge in [-0.3, -0.25) is 14.7 Å². The summed E-state index contributed by atoms with van der Waals surface area (Å²) < 4.78 is 17.3. The Labute approximate surface area is 238 Å². The lowest BCUT2D eigenvalue weighted by Crippen LogP contribution is -2.55. The number of benzene rings is 2. The van der Waals surface area contributed by atoms with Gasteiger partial charge < -0.3 is 29.2 Å².